The maximum atomic E-state index is 10.4. The van der Waals surface area contributed by atoms with E-state index in [4.69, 9.17) is 20.3 Å². The van der Waals surface area contributed by atoms with Gasteiger partial charge in [0.2, 0.25) is 0 Å². The number of hydrogen-bond acceptors (Lipinski definition) is 7. The Bertz CT molecular complexity index is 282. The molecule has 0 saturated carbocycles. The van der Waals surface area contributed by atoms with Crippen LogP contribution in [0, 0.1) is 0 Å². The van der Waals surface area contributed by atoms with Gasteiger partial charge < -0.3 is 35.6 Å². The third-order valence-electron chi connectivity index (χ3n) is 2.18. The fourth-order valence-electron chi connectivity index (χ4n) is 1.28. The zero-order valence-electron chi connectivity index (χ0n) is 8.08. The molecule has 16 heavy (non-hydrogen) atoms. The minimum atomic E-state index is -4.70. The Morgan fingerprint density at radius 1 is 1.25 bits per heavy atom. The number of phosphoric acid groups is 1. The summed E-state index contributed by atoms with van der Waals surface area (Å²) >= 11 is 0. The molecule has 0 unspecified atom stereocenters. The first-order chi connectivity index (χ1) is 7.22. The molecule has 0 amide bonds. The first-order valence-corrected chi connectivity index (χ1v) is 5.91. The molecule has 5 atom stereocenters. The average Bonchev–Trinajstić information content (AvgIpc) is 2.17. The molecule has 7 N–H and O–H groups in total. The van der Waals surface area contributed by atoms with Gasteiger partial charge in [-0.25, -0.2) is 4.57 Å². The van der Waals surface area contributed by atoms with Crippen LogP contribution >= 0.6 is 7.82 Å². The molecular formula is C6H14NO8P. The van der Waals surface area contributed by atoms with Crippen molar-refractivity contribution < 1.29 is 38.9 Å². The highest BCUT2D eigenvalue weighted by Crippen LogP contribution is 2.36. The molecule has 1 aliphatic heterocycles. The Kier molecular flexibility index (Phi) is 4.41. The molecule has 0 radical (unpaired) electrons. The van der Waals surface area contributed by atoms with E-state index in [2.05, 4.69) is 4.52 Å². The normalized spacial score (nSPS) is 41.0. The van der Waals surface area contributed by atoms with Crippen molar-refractivity contribution in [1.29, 1.82) is 0 Å². The van der Waals surface area contributed by atoms with Gasteiger partial charge in [-0.1, -0.05) is 0 Å². The molecule has 96 valence electrons. The number of phosphoric ester groups is 1. The summed E-state index contributed by atoms with van der Waals surface area (Å²) in [7, 11) is -4.70. The van der Waals surface area contributed by atoms with Crippen LogP contribution in [-0.4, -0.2) is 62.4 Å². The van der Waals surface area contributed by atoms with E-state index in [9.17, 15) is 19.9 Å². The molecular weight excluding hydrogens is 245 g/mol. The van der Waals surface area contributed by atoms with Crippen molar-refractivity contribution in [2.75, 3.05) is 6.61 Å². The molecule has 1 heterocycles. The molecule has 0 aromatic rings. The lowest BCUT2D eigenvalue weighted by Gasteiger charge is -2.38. The van der Waals surface area contributed by atoms with Crippen LogP contribution in [0.2, 0.25) is 0 Å². The lowest BCUT2D eigenvalue weighted by molar-refractivity contribution is -0.247. The summed E-state index contributed by atoms with van der Waals surface area (Å²) < 4.78 is 19.2. The van der Waals surface area contributed by atoms with Crippen LogP contribution in [0.25, 0.3) is 0 Å². The van der Waals surface area contributed by atoms with Gasteiger partial charge in [0.05, 0.1) is 12.6 Å². The zero-order valence-corrected chi connectivity index (χ0v) is 8.97. The fraction of sp³-hybridized carbons (Fsp3) is 1.00. The van der Waals surface area contributed by atoms with Gasteiger partial charge in [0.15, 0.2) is 6.29 Å². The first kappa shape index (κ1) is 14.0. The van der Waals surface area contributed by atoms with Crippen LogP contribution in [0.4, 0.5) is 0 Å². The van der Waals surface area contributed by atoms with Crippen LogP contribution in [0.15, 0.2) is 0 Å². The highest BCUT2D eigenvalue weighted by Gasteiger charge is 2.42. The van der Waals surface area contributed by atoms with Gasteiger partial charge in [0, 0.05) is 0 Å². The van der Waals surface area contributed by atoms with E-state index in [0.29, 0.717) is 0 Å². The van der Waals surface area contributed by atoms with E-state index in [0.717, 1.165) is 0 Å². The highest BCUT2D eigenvalue weighted by molar-refractivity contribution is 7.46. The smallest absolute Gasteiger partial charge is 0.388 e. The second kappa shape index (κ2) is 5.05. The maximum absolute atomic E-state index is 10.4. The zero-order chi connectivity index (χ0) is 12.5. The number of hydrogen-bond donors (Lipinski definition) is 6. The van der Waals surface area contributed by atoms with Crippen LogP contribution in [0.5, 0.6) is 0 Å². The summed E-state index contributed by atoms with van der Waals surface area (Å²) in [6.07, 6.45) is -5.76. The molecule has 0 spiro atoms. The number of rotatable bonds is 3. The van der Waals surface area contributed by atoms with Crippen molar-refractivity contribution in [2.45, 2.75) is 30.6 Å². The third-order valence-corrected chi connectivity index (χ3v) is 2.66. The van der Waals surface area contributed by atoms with Gasteiger partial charge in [0.25, 0.3) is 0 Å². The van der Waals surface area contributed by atoms with Gasteiger partial charge in [-0.05, 0) is 0 Å². The Hall–Kier alpha value is -0.0900. The molecule has 1 aliphatic rings. The van der Waals surface area contributed by atoms with Crippen LogP contribution in [0.3, 0.4) is 0 Å². The number of aliphatic hydroxyl groups excluding tert-OH is 3. The van der Waals surface area contributed by atoms with Crippen LogP contribution in [0.1, 0.15) is 0 Å². The molecule has 10 heteroatoms. The largest absolute Gasteiger partial charge is 0.469 e. The topological polar surface area (TPSA) is 163 Å². The summed E-state index contributed by atoms with van der Waals surface area (Å²) in [5, 5.41) is 28.0. The van der Waals surface area contributed by atoms with Crippen molar-refractivity contribution in [2.24, 2.45) is 5.73 Å². The molecule has 0 aromatic heterocycles. The molecule has 1 fully saturated rings. The second-order valence-corrected chi connectivity index (χ2v) is 4.65. The summed E-state index contributed by atoms with van der Waals surface area (Å²) in [6.45, 7) is -0.674. The van der Waals surface area contributed by atoms with Crippen molar-refractivity contribution in [1.82, 2.24) is 0 Å². The van der Waals surface area contributed by atoms with Crippen molar-refractivity contribution in [3.8, 4) is 0 Å². The Labute approximate surface area is 90.6 Å². The standard InChI is InChI=1S/C6H14NO8P/c7-3-5(9)4(8)2(15-6(3)10)1-14-16(11,12)13/h2-6,8-10H,1,7H2,(H2,11,12,13)/t2-,3-,4+,5-,6+/m1/s1. The fourth-order valence-corrected chi connectivity index (χ4v) is 1.62. The Morgan fingerprint density at radius 2 is 1.81 bits per heavy atom. The molecule has 1 rings (SSSR count). The molecule has 0 bridgehead atoms. The number of aliphatic hydroxyl groups is 3. The Balaban J connectivity index is 2.57. The van der Waals surface area contributed by atoms with Crippen LogP contribution in [-0.2, 0) is 13.8 Å². The predicted octanol–water partition coefficient (Wildman–Crippen LogP) is -3.14. The lowest BCUT2D eigenvalue weighted by atomic mass is 9.98. The molecule has 0 aromatic carbocycles. The van der Waals surface area contributed by atoms with E-state index in [-0.39, 0.29) is 0 Å². The van der Waals surface area contributed by atoms with E-state index in [1.54, 1.807) is 0 Å². The van der Waals surface area contributed by atoms with Gasteiger partial charge in [-0.3, -0.25) is 4.52 Å². The van der Waals surface area contributed by atoms with E-state index in [1.165, 1.54) is 0 Å². The maximum Gasteiger partial charge on any atom is 0.469 e. The number of nitrogens with two attached hydrogens (primary N) is 1. The molecule has 9 nitrogen and oxygen atoms in total. The minimum absolute atomic E-state index is 0.674. The van der Waals surface area contributed by atoms with Gasteiger partial charge in [-0.2, -0.15) is 0 Å². The monoisotopic (exact) mass is 259 g/mol. The summed E-state index contributed by atoms with van der Waals surface area (Å²) in [6, 6.07) is -1.19. The van der Waals surface area contributed by atoms with E-state index < -0.39 is 45.1 Å². The highest BCUT2D eigenvalue weighted by atomic mass is 31.2. The summed E-state index contributed by atoms with van der Waals surface area (Å²) in [5.41, 5.74) is 5.28. The quantitative estimate of drug-likeness (QED) is 0.287. The van der Waals surface area contributed by atoms with Gasteiger partial charge >= 0.3 is 7.82 Å². The average molecular weight is 259 g/mol. The van der Waals surface area contributed by atoms with Gasteiger partial charge in [-0.15, -0.1) is 0 Å². The molecule has 1 saturated heterocycles. The van der Waals surface area contributed by atoms with Gasteiger partial charge in [0.1, 0.15) is 18.3 Å². The predicted molar refractivity (Wildman–Crippen MR) is 48.9 cm³/mol. The van der Waals surface area contributed by atoms with Crippen LogP contribution < -0.4 is 5.73 Å². The Morgan fingerprint density at radius 3 is 2.31 bits per heavy atom. The number of ether oxygens (including phenoxy) is 1. The van der Waals surface area contributed by atoms with Crippen molar-refractivity contribution in [3.05, 3.63) is 0 Å². The van der Waals surface area contributed by atoms with Crippen molar-refractivity contribution in [3.63, 3.8) is 0 Å². The van der Waals surface area contributed by atoms with Crippen molar-refractivity contribution >= 4 is 7.82 Å². The minimum Gasteiger partial charge on any atom is -0.388 e. The summed E-state index contributed by atoms with van der Waals surface area (Å²) in [4.78, 5) is 16.8. The lowest BCUT2D eigenvalue weighted by Crippen LogP contribution is -2.61. The SMILES string of the molecule is N[C@@H]1[C@@H](O)[C@@H](O)[C@@H](COP(=O)(O)O)O[C@@H]1O. The first-order valence-electron chi connectivity index (χ1n) is 4.37. The molecule has 0 aliphatic carbocycles. The second-order valence-electron chi connectivity index (χ2n) is 3.41. The summed E-state index contributed by atoms with van der Waals surface area (Å²) in [5.74, 6) is 0. The van der Waals surface area contributed by atoms with E-state index in [1.807, 2.05) is 0 Å². The third kappa shape index (κ3) is 3.45. The van der Waals surface area contributed by atoms with E-state index >= 15 is 0 Å².